The second-order valence-corrected chi connectivity index (χ2v) is 5.26. The molecule has 4 nitrogen and oxygen atoms in total. The number of hydrogen-bond acceptors (Lipinski definition) is 3. The van der Waals surface area contributed by atoms with Crippen LogP contribution in [0.25, 0.3) is 0 Å². The van der Waals surface area contributed by atoms with Crippen LogP contribution in [0.1, 0.15) is 18.5 Å². The molecule has 2 rings (SSSR count). The highest BCUT2D eigenvalue weighted by Crippen LogP contribution is 2.25. The van der Waals surface area contributed by atoms with Gasteiger partial charge in [0, 0.05) is 19.1 Å². The number of hydrogen-bond donors (Lipinski definition) is 1. The van der Waals surface area contributed by atoms with E-state index in [0.29, 0.717) is 0 Å². The first-order valence-electron chi connectivity index (χ1n) is 6.94. The van der Waals surface area contributed by atoms with Crippen LogP contribution in [-0.2, 0) is 9.53 Å². The zero-order valence-corrected chi connectivity index (χ0v) is 12.5. The van der Waals surface area contributed by atoms with Crippen LogP contribution in [0.15, 0.2) is 30.3 Å². The van der Waals surface area contributed by atoms with Gasteiger partial charge in [0.05, 0.1) is 19.3 Å². The van der Waals surface area contributed by atoms with E-state index in [0.717, 1.165) is 26.3 Å². The second kappa shape index (κ2) is 7.62. The van der Waals surface area contributed by atoms with Crippen molar-refractivity contribution in [3.05, 3.63) is 35.9 Å². The molecule has 1 aromatic rings. The van der Waals surface area contributed by atoms with Gasteiger partial charge < -0.3 is 10.1 Å². The minimum Gasteiger partial charge on any atom is -0.379 e. The van der Waals surface area contributed by atoms with E-state index in [2.05, 4.69) is 22.3 Å². The van der Waals surface area contributed by atoms with E-state index in [-0.39, 0.29) is 23.9 Å². The Balaban J connectivity index is 2.17. The summed E-state index contributed by atoms with van der Waals surface area (Å²) in [4.78, 5) is 13.9. The average Bonchev–Trinajstić information content (AvgIpc) is 2.49. The molecule has 1 fully saturated rings. The minimum atomic E-state index is -0.131. The van der Waals surface area contributed by atoms with E-state index in [4.69, 9.17) is 16.3 Å². The molecule has 1 heterocycles. The Hall–Kier alpha value is -1.10. The predicted octanol–water partition coefficient (Wildman–Crippen LogP) is 1.80. The van der Waals surface area contributed by atoms with Crippen molar-refractivity contribution in [2.45, 2.75) is 19.0 Å². The number of amides is 1. The number of ether oxygens (including phenoxy) is 1. The molecule has 2 atom stereocenters. The smallest absolute Gasteiger partial charge is 0.235 e. The number of halogens is 1. The minimum absolute atomic E-state index is 0.00162. The first kappa shape index (κ1) is 15.3. The molecule has 0 radical (unpaired) electrons. The molecule has 20 heavy (non-hydrogen) atoms. The van der Waals surface area contributed by atoms with Crippen molar-refractivity contribution in [3.63, 3.8) is 0 Å². The molecule has 1 N–H and O–H groups in total. The van der Waals surface area contributed by atoms with Crippen molar-refractivity contribution in [1.82, 2.24) is 10.2 Å². The number of alkyl halides is 1. The Morgan fingerprint density at radius 1 is 1.35 bits per heavy atom. The first-order valence-corrected chi connectivity index (χ1v) is 7.48. The van der Waals surface area contributed by atoms with Gasteiger partial charge in [-0.25, -0.2) is 0 Å². The van der Waals surface area contributed by atoms with Crippen LogP contribution in [0.5, 0.6) is 0 Å². The van der Waals surface area contributed by atoms with Gasteiger partial charge in [-0.1, -0.05) is 30.3 Å². The van der Waals surface area contributed by atoms with E-state index in [1.165, 1.54) is 5.56 Å². The summed E-state index contributed by atoms with van der Waals surface area (Å²) < 4.78 is 5.42. The predicted molar refractivity (Wildman–Crippen MR) is 79.9 cm³/mol. The average molecular weight is 297 g/mol. The quantitative estimate of drug-likeness (QED) is 0.843. The molecular weight excluding hydrogens is 276 g/mol. The van der Waals surface area contributed by atoms with Crippen LogP contribution in [0.3, 0.4) is 0 Å². The summed E-state index contributed by atoms with van der Waals surface area (Å²) in [6.45, 7) is 5.25. The van der Waals surface area contributed by atoms with Crippen LogP contribution in [0.2, 0.25) is 0 Å². The highest BCUT2D eigenvalue weighted by Gasteiger charge is 2.28. The van der Waals surface area contributed by atoms with Crippen molar-refractivity contribution in [2.24, 2.45) is 0 Å². The Labute approximate surface area is 125 Å². The summed E-state index contributed by atoms with van der Waals surface area (Å²) in [5.74, 6) is -0.136. The molecule has 110 valence electrons. The van der Waals surface area contributed by atoms with Crippen molar-refractivity contribution in [1.29, 1.82) is 0 Å². The normalized spacial score (nSPS) is 19.3. The fourth-order valence-corrected chi connectivity index (χ4v) is 2.77. The summed E-state index contributed by atoms with van der Waals surface area (Å²) >= 11 is 5.59. The van der Waals surface area contributed by atoms with Gasteiger partial charge in [0.2, 0.25) is 5.91 Å². The van der Waals surface area contributed by atoms with E-state index in [1.807, 2.05) is 25.1 Å². The lowest BCUT2D eigenvalue weighted by Crippen LogP contribution is -2.48. The molecule has 0 aliphatic carbocycles. The molecule has 0 unspecified atom stereocenters. The number of carbonyl (C=O) groups excluding carboxylic acids is 1. The maximum absolute atomic E-state index is 11.6. The fraction of sp³-hybridized carbons (Fsp3) is 0.533. The Kier molecular flexibility index (Phi) is 5.83. The van der Waals surface area contributed by atoms with Gasteiger partial charge in [0.15, 0.2) is 0 Å². The largest absolute Gasteiger partial charge is 0.379 e. The highest BCUT2D eigenvalue weighted by molar-refractivity contribution is 6.27. The number of nitrogens with zero attached hydrogens (tertiary/aromatic N) is 1. The molecule has 1 saturated heterocycles. The number of rotatable bonds is 5. The van der Waals surface area contributed by atoms with Gasteiger partial charge in [-0.2, -0.15) is 0 Å². The lowest BCUT2D eigenvalue weighted by Gasteiger charge is -2.38. The van der Waals surface area contributed by atoms with Crippen LogP contribution in [0.4, 0.5) is 0 Å². The van der Waals surface area contributed by atoms with Gasteiger partial charge >= 0.3 is 0 Å². The van der Waals surface area contributed by atoms with Crippen LogP contribution >= 0.6 is 11.6 Å². The summed E-state index contributed by atoms with van der Waals surface area (Å²) in [5, 5.41) is 2.97. The first-order chi connectivity index (χ1) is 9.72. The zero-order valence-electron chi connectivity index (χ0n) is 11.7. The molecular formula is C15H21ClN2O2. The molecule has 0 aromatic heterocycles. The molecule has 1 aromatic carbocycles. The molecule has 1 aliphatic heterocycles. The zero-order chi connectivity index (χ0) is 14.4. The number of carbonyl (C=O) groups is 1. The van der Waals surface area contributed by atoms with Gasteiger partial charge in [-0.05, 0) is 12.5 Å². The fourth-order valence-electron chi connectivity index (χ4n) is 2.69. The van der Waals surface area contributed by atoms with Crippen LogP contribution in [-0.4, -0.2) is 49.0 Å². The highest BCUT2D eigenvalue weighted by atomic mass is 35.5. The van der Waals surface area contributed by atoms with Gasteiger partial charge in [-0.15, -0.1) is 11.6 Å². The van der Waals surface area contributed by atoms with Crippen molar-refractivity contribution < 1.29 is 9.53 Å². The van der Waals surface area contributed by atoms with Crippen molar-refractivity contribution in [3.8, 4) is 0 Å². The molecule has 1 amide bonds. The lowest BCUT2D eigenvalue weighted by molar-refractivity contribution is -0.119. The number of benzene rings is 1. The second-order valence-electron chi connectivity index (χ2n) is 4.99. The maximum atomic E-state index is 11.6. The van der Waals surface area contributed by atoms with E-state index < -0.39 is 0 Å². The molecule has 0 spiro atoms. The molecule has 0 saturated carbocycles. The third kappa shape index (κ3) is 3.95. The summed E-state index contributed by atoms with van der Waals surface area (Å²) in [7, 11) is 0. The summed E-state index contributed by atoms with van der Waals surface area (Å²) in [5.41, 5.74) is 1.21. The van der Waals surface area contributed by atoms with E-state index >= 15 is 0 Å². The van der Waals surface area contributed by atoms with Crippen molar-refractivity contribution in [2.75, 3.05) is 32.2 Å². The third-order valence-electron chi connectivity index (χ3n) is 3.56. The standard InChI is InChI=1S/C15H21ClN2O2/c1-12(17-14(19)11-16)15(13-5-3-2-4-6-13)18-7-9-20-10-8-18/h2-6,12,15H,7-11H2,1H3,(H,17,19)/t12-,15+/m0/s1. The molecule has 5 heteroatoms. The maximum Gasteiger partial charge on any atom is 0.235 e. The van der Waals surface area contributed by atoms with Crippen LogP contribution in [0, 0.1) is 0 Å². The lowest BCUT2D eigenvalue weighted by atomic mass is 9.98. The Morgan fingerprint density at radius 2 is 2.00 bits per heavy atom. The van der Waals surface area contributed by atoms with E-state index in [9.17, 15) is 4.79 Å². The molecule has 1 aliphatic rings. The topological polar surface area (TPSA) is 41.6 Å². The monoisotopic (exact) mass is 296 g/mol. The van der Waals surface area contributed by atoms with E-state index in [1.54, 1.807) is 0 Å². The summed E-state index contributed by atoms with van der Waals surface area (Å²) in [6, 6.07) is 10.4. The number of nitrogens with one attached hydrogen (secondary N) is 1. The van der Waals surface area contributed by atoms with Gasteiger partial charge in [-0.3, -0.25) is 9.69 Å². The molecule has 0 bridgehead atoms. The van der Waals surface area contributed by atoms with Crippen molar-refractivity contribution >= 4 is 17.5 Å². The van der Waals surface area contributed by atoms with Crippen LogP contribution < -0.4 is 5.32 Å². The van der Waals surface area contributed by atoms with Gasteiger partial charge in [0.25, 0.3) is 0 Å². The Morgan fingerprint density at radius 3 is 2.60 bits per heavy atom. The third-order valence-corrected chi connectivity index (χ3v) is 3.81. The van der Waals surface area contributed by atoms with Gasteiger partial charge in [0.1, 0.15) is 5.88 Å². The number of morpholine rings is 1. The Bertz CT molecular complexity index is 421. The summed E-state index contributed by atoms with van der Waals surface area (Å²) in [6.07, 6.45) is 0. The SMILES string of the molecule is C[C@H](NC(=O)CCl)[C@H](c1ccccc1)N1CCOCC1.